The first kappa shape index (κ1) is 19.6. The molecule has 0 amide bonds. The number of methoxy groups -OCH3 is 1. The van der Waals surface area contributed by atoms with Gasteiger partial charge in [0.2, 0.25) is 0 Å². The predicted molar refractivity (Wildman–Crippen MR) is 113 cm³/mol. The fourth-order valence-electron chi connectivity index (χ4n) is 3.61. The third-order valence-electron chi connectivity index (χ3n) is 5.36. The van der Waals surface area contributed by atoms with Crippen LogP contribution in [0.5, 0.6) is 0 Å². The molecule has 0 saturated carbocycles. The fraction of sp³-hybridized carbons (Fsp3) is 0.381. The van der Waals surface area contributed by atoms with Gasteiger partial charge in [0.15, 0.2) is 0 Å². The highest BCUT2D eigenvalue weighted by molar-refractivity contribution is 7.18. The number of carbonyl (C=O) groups is 1. The average Bonchev–Trinajstić information content (AvgIpc) is 3.01. The molecule has 0 unspecified atom stereocenters. The lowest BCUT2D eigenvalue weighted by atomic mass is 10.1. The van der Waals surface area contributed by atoms with Gasteiger partial charge in [-0.2, -0.15) is 0 Å². The fourth-order valence-corrected chi connectivity index (χ4v) is 4.65. The monoisotopic (exact) mass is 414 g/mol. The summed E-state index contributed by atoms with van der Waals surface area (Å²) in [7, 11) is 1.37. The van der Waals surface area contributed by atoms with E-state index < -0.39 is 0 Å². The quantitative estimate of drug-likeness (QED) is 0.609. The van der Waals surface area contributed by atoms with E-state index in [0.29, 0.717) is 5.82 Å². The molecular weight excluding hydrogens is 391 g/mol. The van der Waals surface area contributed by atoms with Crippen LogP contribution in [0.25, 0.3) is 10.2 Å². The van der Waals surface area contributed by atoms with E-state index in [1.807, 2.05) is 12.1 Å². The Balaban J connectivity index is 1.62. The Hall–Kier alpha value is -2.74. The molecule has 0 radical (unpaired) electrons. The van der Waals surface area contributed by atoms with Crippen molar-refractivity contribution in [3.8, 4) is 0 Å². The van der Waals surface area contributed by atoms with Gasteiger partial charge in [-0.25, -0.2) is 14.4 Å². The number of fused-ring (bicyclic) bond motifs is 1. The number of thiophene rings is 1. The van der Waals surface area contributed by atoms with Crippen molar-refractivity contribution in [3.05, 3.63) is 46.3 Å². The van der Waals surface area contributed by atoms with Crippen LogP contribution in [0.15, 0.2) is 24.3 Å². The number of piperazine rings is 1. The Morgan fingerprint density at radius 2 is 1.76 bits per heavy atom. The van der Waals surface area contributed by atoms with Crippen LogP contribution in [0.4, 0.5) is 15.9 Å². The molecule has 0 N–H and O–H groups in total. The van der Waals surface area contributed by atoms with E-state index in [4.69, 9.17) is 9.72 Å². The van der Waals surface area contributed by atoms with Gasteiger partial charge >= 0.3 is 5.97 Å². The third-order valence-corrected chi connectivity index (χ3v) is 6.46. The maximum Gasteiger partial charge on any atom is 0.313 e. The minimum Gasteiger partial charge on any atom is -0.469 e. The molecule has 0 bridgehead atoms. The summed E-state index contributed by atoms with van der Waals surface area (Å²) in [4.78, 5) is 27.7. The summed E-state index contributed by atoms with van der Waals surface area (Å²) in [6, 6.07) is 6.61. The number of carbonyl (C=O) groups excluding carboxylic acids is 1. The second kappa shape index (κ2) is 7.94. The molecule has 1 aliphatic rings. The molecule has 2 aromatic heterocycles. The van der Waals surface area contributed by atoms with Gasteiger partial charge in [-0.05, 0) is 43.7 Å². The van der Waals surface area contributed by atoms with Crippen LogP contribution < -0.4 is 9.80 Å². The van der Waals surface area contributed by atoms with Crippen molar-refractivity contribution in [2.75, 3.05) is 43.1 Å². The highest BCUT2D eigenvalue weighted by Crippen LogP contribution is 2.35. The summed E-state index contributed by atoms with van der Waals surface area (Å²) in [5.41, 5.74) is 2.21. The molecule has 1 fully saturated rings. The maximum atomic E-state index is 13.2. The van der Waals surface area contributed by atoms with E-state index in [-0.39, 0.29) is 18.2 Å². The Labute approximate surface area is 172 Å². The van der Waals surface area contributed by atoms with Gasteiger partial charge in [-0.1, -0.05) is 0 Å². The number of hydrogen-bond donors (Lipinski definition) is 0. The van der Waals surface area contributed by atoms with Gasteiger partial charge < -0.3 is 14.5 Å². The number of aromatic nitrogens is 2. The van der Waals surface area contributed by atoms with Gasteiger partial charge in [-0.3, -0.25) is 4.79 Å². The first-order valence-corrected chi connectivity index (χ1v) is 10.4. The first-order valence-electron chi connectivity index (χ1n) is 9.55. The molecule has 0 aliphatic carbocycles. The Kier molecular flexibility index (Phi) is 5.36. The van der Waals surface area contributed by atoms with Crippen molar-refractivity contribution >= 4 is 39.0 Å². The summed E-state index contributed by atoms with van der Waals surface area (Å²) < 4.78 is 18.0. The van der Waals surface area contributed by atoms with Gasteiger partial charge in [0.05, 0.1) is 12.5 Å². The summed E-state index contributed by atoms with van der Waals surface area (Å²) in [5.74, 6) is 0.801. The number of anilines is 2. The van der Waals surface area contributed by atoms with Crippen LogP contribution >= 0.6 is 11.3 Å². The second-order valence-corrected chi connectivity index (χ2v) is 8.33. The normalized spacial score (nSPS) is 14.5. The van der Waals surface area contributed by atoms with E-state index in [1.54, 1.807) is 11.3 Å². The van der Waals surface area contributed by atoms with Crippen molar-refractivity contribution in [1.29, 1.82) is 0 Å². The van der Waals surface area contributed by atoms with Crippen LogP contribution in [0.1, 0.15) is 16.3 Å². The maximum absolute atomic E-state index is 13.2. The Morgan fingerprint density at radius 3 is 2.41 bits per heavy atom. The molecule has 1 saturated heterocycles. The summed E-state index contributed by atoms with van der Waals surface area (Å²) in [5, 5.41) is 1.07. The van der Waals surface area contributed by atoms with Crippen molar-refractivity contribution < 1.29 is 13.9 Å². The molecule has 6 nitrogen and oxygen atoms in total. The molecule has 1 aromatic carbocycles. The van der Waals surface area contributed by atoms with Crippen molar-refractivity contribution in [3.63, 3.8) is 0 Å². The molecule has 29 heavy (non-hydrogen) atoms. The van der Waals surface area contributed by atoms with Crippen molar-refractivity contribution in [2.24, 2.45) is 0 Å². The number of aryl methyl sites for hydroxylation is 2. The molecule has 1 aliphatic heterocycles. The SMILES string of the molecule is COC(=O)Cc1nc(N2CCN(c3ccc(F)cc3)CC2)c2c(C)c(C)sc2n1. The van der Waals surface area contributed by atoms with Gasteiger partial charge in [0.1, 0.15) is 28.7 Å². The van der Waals surface area contributed by atoms with Gasteiger partial charge in [-0.15, -0.1) is 11.3 Å². The van der Waals surface area contributed by atoms with Crippen LogP contribution in [0.2, 0.25) is 0 Å². The van der Waals surface area contributed by atoms with Crippen LogP contribution in [0, 0.1) is 19.7 Å². The Morgan fingerprint density at radius 1 is 1.10 bits per heavy atom. The van der Waals surface area contributed by atoms with E-state index in [9.17, 15) is 9.18 Å². The second-order valence-electron chi connectivity index (χ2n) is 7.13. The van der Waals surface area contributed by atoms with E-state index in [0.717, 1.165) is 47.9 Å². The van der Waals surface area contributed by atoms with Crippen molar-refractivity contribution in [2.45, 2.75) is 20.3 Å². The summed E-state index contributed by atoms with van der Waals surface area (Å²) >= 11 is 1.63. The van der Waals surface area contributed by atoms with Crippen LogP contribution in [-0.2, 0) is 16.0 Å². The molecule has 152 valence electrons. The molecular formula is C21H23FN4O2S. The number of halogens is 1. The molecule has 8 heteroatoms. The lowest BCUT2D eigenvalue weighted by Gasteiger charge is -2.37. The number of nitrogens with zero attached hydrogens (tertiary/aromatic N) is 4. The van der Waals surface area contributed by atoms with Crippen LogP contribution in [0.3, 0.4) is 0 Å². The highest BCUT2D eigenvalue weighted by Gasteiger charge is 2.24. The van der Waals surface area contributed by atoms with E-state index >= 15 is 0 Å². The number of benzene rings is 1. The van der Waals surface area contributed by atoms with E-state index in [2.05, 4.69) is 28.6 Å². The molecule has 3 heterocycles. The lowest BCUT2D eigenvalue weighted by molar-refractivity contribution is -0.139. The Bertz CT molecular complexity index is 1040. The van der Waals surface area contributed by atoms with Gasteiger partial charge in [0.25, 0.3) is 0 Å². The molecule has 0 atom stereocenters. The summed E-state index contributed by atoms with van der Waals surface area (Å²) in [6.07, 6.45) is 0.0605. The smallest absolute Gasteiger partial charge is 0.313 e. The van der Waals surface area contributed by atoms with Crippen LogP contribution in [-0.4, -0.2) is 49.2 Å². The highest BCUT2D eigenvalue weighted by atomic mass is 32.1. The average molecular weight is 415 g/mol. The third kappa shape index (κ3) is 3.89. The lowest BCUT2D eigenvalue weighted by Crippen LogP contribution is -2.47. The predicted octanol–water partition coefficient (Wildman–Crippen LogP) is 3.49. The number of ether oxygens (including phenoxy) is 1. The summed E-state index contributed by atoms with van der Waals surface area (Å²) in [6.45, 7) is 7.37. The number of esters is 1. The molecule has 4 rings (SSSR count). The molecule has 3 aromatic rings. The van der Waals surface area contributed by atoms with Crippen molar-refractivity contribution in [1.82, 2.24) is 9.97 Å². The zero-order chi connectivity index (χ0) is 20.5. The zero-order valence-electron chi connectivity index (χ0n) is 16.7. The largest absolute Gasteiger partial charge is 0.469 e. The van der Waals surface area contributed by atoms with E-state index in [1.165, 1.54) is 29.7 Å². The van der Waals surface area contributed by atoms with Gasteiger partial charge in [0, 0.05) is 36.7 Å². The minimum absolute atomic E-state index is 0.0605. The topological polar surface area (TPSA) is 58.6 Å². The zero-order valence-corrected chi connectivity index (χ0v) is 17.6. The first-order chi connectivity index (χ1) is 14.0. The number of rotatable bonds is 4. The minimum atomic E-state index is -0.346. The number of hydrogen-bond acceptors (Lipinski definition) is 7. The molecule has 0 spiro atoms. The standard InChI is InChI=1S/C21H23FN4O2S/c1-13-14(2)29-21-19(13)20(23-17(24-21)12-18(27)28-3)26-10-8-25(9-11-26)16-6-4-15(22)5-7-16/h4-7H,8-12H2,1-3H3.